The number of halogens is 1. The van der Waals surface area contributed by atoms with E-state index in [-0.39, 0.29) is 11.7 Å². The highest BCUT2D eigenvalue weighted by molar-refractivity contribution is 7.90. The van der Waals surface area contributed by atoms with E-state index in [0.29, 0.717) is 12.8 Å². The number of hydrogen-bond acceptors (Lipinski definition) is 2. The molecule has 12 heavy (non-hydrogen) atoms. The zero-order chi connectivity index (χ0) is 9.19. The van der Waals surface area contributed by atoms with Crippen LogP contribution in [0.2, 0.25) is 0 Å². The number of hydrogen-bond donors (Lipinski definition) is 0. The second-order valence-corrected chi connectivity index (χ2v) is 5.90. The Morgan fingerprint density at radius 2 is 1.75 bits per heavy atom. The third-order valence-corrected chi connectivity index (χ3v) is 3.39. The summed E-state index contributed by atoms with van der Waals surface area (Å²) in [5, 5.41) is 0. The highest BCUT2D eigenvalue weighted by Crippen LogP contribution is 2.26. The van der Waals surface area contributed by atoms with Crippen molar-refractivity contribution in [2.24, 2.45) is 5.92 Å². The number of rotatable bonds is 2. The molecule has 0 atom stereocenters. The van der Waals surface area contributed by atoms with Crippen LogP contribution in [0.1, 0.15) is 25.7 Å². The Balaban J connectivity index is 2.36. The minimum atomic E-state index is -2.86. The molecular weight excluding hydrogens is 179 g/mol. The summed E-state index contributed by atoms with van der Waals surface area (Å²) in [5.74, 6) is 0.437. The third-order valence-electron chi connectivity index (χ3n) is 2.31. The fraction of sp³-hybridized carbons (Fsp3) is 1.00. The van der Waals surface area contributed by atoms with Gasteiger partial charge in [-0.05, 0) is 31.6 Å². The molecule has 0 saturated heterocycles. The molecule has 0 aromatic rings. The third kappa shape index (κ3) is 3.52. The minimum Gasteiger partial charge on any atom is -0.247 e. The van der Waals surface area contributed by atoms with Gasteiger partial charge in [-0.25, -0.2) is 12.8 Å². The normalized spacial score (nSPS) is 31.8. The smallest absolute Gasteiger partial charge is 0.147 e. The van der Waals surface area contributed by atoms with E-state index in [1.165, 1.54) is 6.26 Å². The van der Waals surface area contributed by atoms with Crippen molar-refractivity contribution in [1.29, 1.82) is 0 Å². The zero-order valence-electron chi connectivity index (χ0n) is 7.29. The maximum absolute atomic E-state index is 12.6. The molecule has 0 radical (unpaired) electrons. The van der Waals surface area contributed by atoms with Gasteiger partial charge < -0.3 is 0 Å². The quantitative estimate of drug-likeness (QED) is 0.668. The van der Waals surface area contributed by atoms with Gasteiger partial charge in [-0.2, -0.15) is 0 Å². The van der Waals surface area contributed by atoms with Crippen LogP contribution in [0.5, 0.6) is 0 Å². The first-order valence-corrected chi connectivity index (χ1v) is 6.35. The van der Waals surface area contributed by atoms with E-state index in [1.807, 2.05) is 0 Å². The summed E-state index contributed by atoms with van der Waals surface area (Å²) in [5.41, 5.74) is 0. The Morgan fingerprint density at radius 3 is 2.17 bits per heavy atom. The topological polar surface area (TPSA) is 34.1 Å². The van der Waals surface area contributed by atoms with Crippen LogP contribution in [0.3, 0.4) is 0 Å². The van der Waals surface area contributed by atoms with Crippen LogP contribution in [0.25, 0.3) is 0 Å². The van der Waals surface area contributed by atoms with Gasteiger partial charge in [-0.3, -0.25) is 0 Å². The van der Waals surface area contributed by atoms with Crippen LogP contribution >= 0.6 is 0 Å². The van der Waals surface area contributed by atoms with Gasteiger partial charge in [-0.15, -0.1) is 0 Å². The molecule has 0 aliphatic heterocycles. The molecule has 1 saturated carbocycles. The molecule has 0 spiro atoms. The first-order valence-electron chi connectivity index (χ1n) is 4.29. The maximum Gasteiger partial charge on any atom is 0.147 e. The molecule has 4 heteroatoms. The Bertz CT molecular complexity index is 227. The van der Waals surface area contributed by atoms with E-state index < -0.39 is 16.0 Å². The van der Waals surface area contributed by atoms with Crippen LogP contribution in [0, 0.1) is 5.92 Å². The molecular formula is C8H15FO2S. The van der Waals surface area contributed by atoms with Crippen molar-refractivity contribution in [3.63, 3.8) is 0 Å². The van der Waals surface area contributed by atoms with E-state index >= 15 is 0 Å². The SMILES string of the molecule is CS(=O)(=O)CC1CCC(F)CC1. The number of alkyl halides is 1. The Kier molecular flexibility index (Phi) is 3.09. The first-order chi connectivity index (χ1) is 5.47. The molecule has 1 fully saturated rings. The average Bonchev–Trinajstić information content (AvgIpc) is 1.91. The van der Waals surface area contributed by atoms with Crippen LogP contribution in [-0.2, 0) is 9.84 Å². The van der Waals surface area contributed by atoms with Gasteiger partial charge in [0.25, 0.3) is 0 Å². The highest BCUT2D eigenvalue weighted by atomic mass is 32.2. The van der Waals surface area contributed by atoms with Gasteiger partial charge >= 0.3 is 0 Å². The fourth-order valence-electron chi connectivity index (χ4n) is 1.72. The monoisotopic (exact) mass is 194 g/mol. The van der Waals surface area contributed by atoms with Crippen LogP contribution in [-0.4, -0.2) is 26.6 Å². The average molecular weight is 194 g/mol. The van der Waals surface area contributed by atoms with Crippen molar-refractivity contribution in [2.45, 2.75) is 31.9 Å². The number of sulfone groups is 1. The standard InChI is InChI=1S/C8H15FO2S/c1-12(10,11)6-7-2-4-8(9)5-3-7/h7-8H,2-6H2,1H3. The second-order valence-electron chi connectivity index (χ2n) is 3.71. The summed E-state index contributed by atoms with van der Waals surface area (Å²) < 4.78 is 34.4. The first kappa shape index (κ1) is 9.96. The van der Waals surface area contributed by atoms with E-state index in [9.17, 15) is 12.8 Å². The lowest BCUT2D eigenvalue weighted by molar-refractivity contribution is 0.216. The van der Waals surface area contributed by atoms with Crippen molar-refractivity contribution in [1.82, 2.24) is 0 Å². The van der Waals surface area contributed by atoms with Crippen LogP contribution in [0.4, 0.5) is 4.39 Å². The molecule has 1 aliphatic carbocycles. The fourth-order valence-corrected chi connectivity index (χ4v) is 2.91. The van der Waals surface area contributed by atoms with Gasteiger partial charge in [0.1, 0.15) is 16.0 Å². The van der Waals surface area contributed by atoms with Crippen molar-refractivity contribution in [3.05, 3.63) is 0 Å². The summed E-state index contributed by atoms with van der Waals surface area (Å²) in [4.78, 5) is 0. The Hall–Kier alpha value is -0.120. The summed E-state index contributed by atoms with van der Waals surface area (Å²) >= 11 is 0. The lowest BCUT2D eigenvalue weighted by Crippen LogP contribution is -2.21. The Labute approximate surface area is 73.1 Å². The van der Waals surface area contributed by atoms with Gasteiger partial charge in [0.15, 0.2) is 0 Å². The van der Waals surface area contributed by atoms with E-state index in [2.05, 4.69) is 0 Å². The predicted molar refractivity (Wildman–Crippen MR) is 46.6 cm³/mol. The van der Waals surface area contributed by atoms with E-state index in [4.69, 9.17) is 0 Å². The molecule has 0 N–H and O–H groups in total. The second kappa shape index (κ2) is 3.73. The molecule has 0 aromatic carbocycles. The minimum absolute atomic E-state index is 0.201. The highest BCUT2D eigenvalue weighted by Gasteiger charge is 2.23. The van der Waals surface area contributed by atoms with Gasteiger partial charge in [0.05, 0.1) is 5.75 Å². The van der Waals surface area contributed by atoms with Crippen LogP contribution in [0.15, 0.2) is 0 Å². The molecule has 1 aliphatic rings. The van der Waals surface area contributed by atoms with Gasteiger partial charge in [-0.1, -0.05) is 0 Å². The van der Waals surface area contributed by atoms with Crippen molar-refractivity contribution in [2.75, 3.05) is 12.0 Å². The van der Waals surface area contributed by atoms with Crippen molar-refractivity contribution < 1.29 is 12.8 Å². The van der Waals surface area contributed by atoms with Gasteiger partial charge in [0, 0.05) is 6.26 Å². The molecule has 1 rings (SSSR count). The summed E-state index contributed by atoms with van der Waals surface area (Å²) in [6.07, 6.45) is 3.10. The van der Waals surface area contributed by atoms with Gasteiger partial charge in [0.2, 0.25) is 0 Å². The molecule has 0 aromatic heterocycles. The Morgan fingerprint density at radius 1 is 1.25 bits per heavy atom. The largest absolute Gasteiger partial charge is 0.247 e. The lowest BCUT2D eigenvalue weighted by atomic mass is 9.90. The van der Waals surface area contributed by atoms with E-state index in [1.54, 1.807) is 0 Å². The summed E-state index contributed by atoms with van der Waals surface area (Å²) in [6, 6.07) is 0. The zero-order valence-corrected chi connectivity index (χ0v) is 8.11. The summed E-state index contributed by atoms with van der Waals surface area (Å²) in [6.45, 7) is 0. The molecule has 0 amide bonds. The molecule has 0 bridgehead atoms. The molecule has 0 heterocycles. The maximum atomic E-state index is 12.6. The molecule has 2 nitrogen and oxygen atoms in total. The van der Waals surface area contributed by atoms with Crippen LogP contribution < -0.4 is 0 Å². The van der Waals surface area contributed by atoms with Crippen molar-refractivity contribution in [3.8, 4) is 0 Å². The molecule has 0 unspecified atom stereocenters. The summed E-state index contributed by atoms with van der Waals surface area (Å²) in [7, 11) is -2.86. The lowest BCUT2D eigenvalue weighted by Gasteiger charge is -2.23. The predicted octanol–water partition coefficient (Wildman–Crippen LogP) is 1.56. The van der Waals surface area contributed by atoms with E-state index in [0.717, 1.165) is 12.8 Å². The van der Waals surface area contributed by atoms with Crippen molar-refractivity contribution >= 4 is 9.84 Å². The molecule has 72 valence electrons.